The van der Waals surface area contributed by atoms with Crippen molar-refractivity contribution >= 4 is 11.6 Å². The molecule has 0 aromatic rings. The first-order chi connectivity index (χ1) is 7.02. The minimum absolute atomic E-state index is 0.0168. The Morgan fingerprint density at radius 2 is 1.73 bits per heavy atom. The van der Waals surface area contributed by atoms with Crippen LogP contribution in [0.5, 0.6) is 0 Å². The van der Waals surface area contributed by atoms with Crippen molar-refractivity contribution in [3.05, 3.63) is 24.0 Å². The van der Waals surface area contributed by atoms with E-state index in [1.807, 2.05) is 6.92 Å². The zero-order valence-electron chi connectivity index (χ0n) is 9.46. The van der Waals surface area contributed by atoms with Crippen LogP contribution in [0.3, 0.4) is 0 Å². The molecule has 0 unspecified atom stereocenters. The zero-order valence-corrected chi connectivity index (χ0v) is 9.46. The van der Waals surface area contributed by atoms with E-state index in [-0.39, 0.29) is 11.6 Å². The second kappa shape index (κ2) is 7.79. The van der Waals surface area contributed by atoms with Gasteiger partial charge in [-0.1, -0.05) is 0 Å². The maximum Gasteiger partial charge on any atom is 0.154 e. The lowest BCUT2D eigenvalue weighted by molar-refractivity contribution is -0.113. The Balaban J connectivity index is 3.55. The fourth-order valence-corrected chi connectivity index (χ4v) is 0.947. The molecule has 15 heavy (non-hydrogen) atoms. The first-order valence-corrected chi connectivity index (χ1v) is 4.85. The average Bonchev–Trinajstić information content (AvgIpc) is 2.09. The molecule has 0 aromatic carbocycles. The first-order valence-electron chi connectivity index (χ1n) is 4.85. The Morgan fingerprint density at radius 1 is 1.07 bits per heavy atom. The molecule has 2 N–H and O–H groups in total. The van der Waals surface area contributed by atoms with Crippen molar-refractivity contribution < 1.29 is 9.59 Å². The van der Waals surface area contributed by atoms with Gasteiger partial charge in [0.2, 0.25) is 0 Å². The van der Waals surface area contributed by atoms with Crippen molar-refractivity contribution in [2.24, 2.45) is 0 Å². The third-order valence-electron chi connectivity index (χ3n) is 1.53. The van der Waals surface area contributed by atoms with Crippen molar-refractivity contribution in [1.82, 2.24) is 10.6 Å². The van der Waals surface area contributed by atoms with E-state index in [1.165, 1.54) is 19.9 Å². The first kappa shape index (κ1) is 13.4. The lowest BCUT2D eigenvalue weighted by Crippen LogP contribution is -2.23. The standard InChI is InChI=1S/C11H18N2O2/c1-9(8-11(3)15)13-7-6-12-5-4-10(2)14/h4-5,8,12-13H,6-7H2,1-3H3. The Kier molecular flexibility index (Phi) is 6.97. The Morgan fingerprint density at radius 3 is 2.27 bits per heavy atom. The Hall–Kier alpha value is -1.58. The van der Waals surface area contributed by atoms with E-state index >= 15 is 0 Å². The van der Waals surface area contributed by atoms with Crippen LogP contribution in [0.1, 0.15) is 20.8 Å². The molecule has 0 heterocycles. The second-order valence-electron chi connectivity index (χ2n) is 3.26. The molecule has 0 bridgehead atoms. The van der Waals surface area contributed by atoms with Gasteiger partial charge in [0.15, 0.2) is 11.6 Å². The van der Waals surface area contributed by atoms with E-state index in [1.54, 1.807) is 12.3 Å². The highest BCUT2D eigenvalue weighted by Crippen LogP contribution is 1.85. The van der Waals surface area contributed by atoms with Gasteiger partial charge in [-0.25, -0.2) is 0 Å². The van der Waals surface area contributed by atoms with Crippen LogP contribution >= 0.6 is 0 Å². The van der Waals surface area contributed by atoms with Crippen molar-refractivity contribution in [2.75, 3.05) is 13.1 Å². The maximum absolute atomic E-state index is 10.7. The molecule has 0 aromatic heterocycles. The predicted molar refractivity (Wildman–Crippen MR) is 60.3 cm³/mol. The van der Waals surface area contributed by atoms with Crippen LogP contribution < -0.4 is 10.6 Å². The summed E-state index contributed by atoms with van der Waals surface area (Å²) in [5, 5.41) is 6.01. The quantitative estimate of drug-likeness (QED) is 0.481. The number of rotatable bonds is 7. The Labute approximate surface area is 90.4 Å². The summed E-state index contributed by atoms with van der Waals surface area (Å²) >= 11 is 0. The zero-order chi connectivity index (χ0) is 11.7. The summed E-state index contributed by atoms with van der Waals surface area (Å²) < 4.78 is 0. The van der Waals surface area contributed by atoms with Crippen LogP contribution in [0, 0.1) is 0 Å². The predicted octanol–water partition coefficient (Wildman–Crippen LogP) is 0.761. The third-order valence-corrected chi connectivity index (χ3v) is 1.53. The summed E-state index contributed by atoms with van der Waals surface area (Å²) in [4.78, 5) is 21.2. The molecule has 0 aliphatic rings. The van der Waals surface area contributed by atoms with E-state index in [9.17, 15) is 9.59 Å². The fourth-order valence-electron chi connectivity index (χ4n) is 0.947. The highest BCUT2D eigenvalue weighted by molar-refractivity contribution is 5.87. The maximum atomic E-state index is 10.7. The van der Waals surface area contributed by atoms with Crippen LogP contribution in [-0.4, -0.2) is 24.7 Å². The van der Waals surface area contributed by atoms with E-state index in [0.29, 0.717) is 13.1 Å². The molecule has 0 aliphatic heterocycles. The van der Waals surface area contributed by atoms with E-state index < -0.39 is 0 Å². The van der Waals surface area contributed by atoms with Crippen molar-refractivity contribution in [1.29, 1.82) is 0 Å². The fraction of sp³-hybridized carbons (Fsp3) is 0.455. The van der Waals surface area contributed by atoms with Crippen LogP contribution in [0.25, 0.3) is 0 Å². The average molecular weight is 210 g/mol. The van der Waals surface area contributed by atoms with Gasteiger partial charge in [-0.2, -0.15) is 0 Å². The molecule has 0 saturated heterocycles. The van der Waals surface area contributed by atoms with E-state index in [2.05, 4.69) is 10.6 Å². The number of hydrogen-bond donors (Lipinski definition) is 2. The normalized spacial score (nSPS) is 11.5. The smallest absolute Gasteiger partial charge is 0.154 e. The van der Waals surface area contributed by atoms with Gasteiger partial charge in [-0.05, 0) is 39.1 Å². The van der Waals surface area contributed by atoms with Gasteiger partial charge < -0.3 is 10.6 Å². The largest absolute Gasteiger partial charge is 0.389 e. The van der Waals surface area contributed by atoms with Gasteiger partial charge >= 0.3 is 0 Å². The molecule has 4 nitrogen and oxygen atoms in total. The SMILES string of the molecule is CC(=O)C=CNCCNC(C)=CC(C)=O. The minimum Gasteiger partial charge on any atom is -0.389 e. The summed E-state index contributed by atoms with van der Waals surface area (Å²) in [6.07, 6.45) is 4.64. The summed E-state index contributed by atoms with van der Waals surface area (Å²) in [7, 11) is 0. The number of carbonyl (C=O) groups is 2. The van der Waals surface area contributed by atoms with E-state index in [0.717, 1.165) is 5.70 Å². The van der Waals surface area contributed by atoms with E-state index in [4.69, 9.17) is 0 Å². The summed E-state index contributed by atoms with van der Waals surface area (Å²) in [6.45, 7) is 6.26. The molecule has 0 rings (SSSR count). The van der Waals surface area contributed by atoms with Crippen LogP contribution in [-0.2, 0) is 9.59 Å². The number of hydrogen-bond acceptors (Lipinski definition) is 4. The van der Waals surface area contributed by atoms with Crippen molar-refractivity contribution in [3.63, 3.8) is 0 Å². The number of carbonyl (C=O) groups excluding carboxylic acids is 2. The van der Waals surface area contributed by atoms with Gasteiger partial charge in [0, 0.05) is 18.8 Å². The van der Waals surface area contributed by atoms with Crippen molar-refractivity contribution in [2.45, 2.75) is 20.8 Å². The molecule has 0 fully saturated rings. The molecule has 0 saturated carbocycles. The second-order valence-corrected chi connectivity index (χ2v) is 3.26. The van der Waals surface area contributed by atoms with Gasteiger partial charge in [0.05, 0.1) is 0 Å². The van der Waals surface area contributed by atoms with Crippen LogP contribution in [0.15, 0.2) is 24.0 Å². The number of ketones is 2. The highest BCUT2D eigenvalue weighted by atomic mass is 16.1. The highest BCUT2D eigenvalue weighted by Gasteiger charge is 1.90. The monoisotopic (exact) mass is 210 g/mol. The molecule has 0 aliphatic carbocycles. The summed E-state index contributed by atoms with van der Waals surface area (Å²) in [5.41, 5.74) is 0.847. The number of nitrogens with one attached hydrogen (secondary N) is 2. The summed E-state index contributed by atoms with van der Waals surface area (Å²) in [5.74, 6) is 0.0487. The lowest BCUT2D eigenvalue weighted by Gasteiger charge is -2.05. The molecule has 0 radical (unpaired) electrons. The number of allylic oxidation sites excluding steroid dienone is 3. The van der Waals surface area contributed by atoms with Gasteiger partial charge in [-0.3, -0.25) is 9.59 Å². The lowest BCUT2D eigenvalue weighted by atomic mass is 10.3. The van der Waals surface area contributed by atoms with Gasteiger partial charge in [0.25, 0.3) is 0 Å². The summed E-state index contributed by atoms with van der Waals surface area (Å²) in [6, 6.07) is 0. The van der Waals surface area contributed by atoms with Crippen molar-refractivity contribution in [3.8, 4) is 0 Å². The molecule has 0 amide bonds. The van der Waals surface area contributed by atoms with Crippen LogP contribution in [0.2, 0.25) is 0 Å². The third kappa shape index (κ3) is 10.3. The van der Waals surface area contributed by atoms with Crippen LogP contribution in [0.4, 0.5) is 0 Å². The molecular formula is C11H18N2O2. The Bertz CT molecular complexity index is 280. The van der Waals surface area contributed by atoms with Gasteiger partial charge in [-0.15, -0.1) is 0 Å². The topological polar surface area (TPSA) is 58.2 Å². The minimum atomic E-state index is 0.0168. The molecular weight excluding hydrogens is 192 g/mol. The molecule has 0 atom stereocenters. The van der Waals surface area contributed by atoms with Gasteiger partial charge in [0.1, 0.15) is 0 Å². The molecule has 0 spiro atoms. The molecule has 84 valence electrons. The molecule has 4 heteroatoms.